The first kappa shape index (κ1) is 221. The molecule has 0 aliphatic carbocycles. The molecule has 128 heteroatoms. The second-order valence-electron chi connectivity index (χ2n) is 10.2. The van der Waals surface area contributed by atoms with E-state index in [1.807, 2.05) is 0 Å². The maximum absolute atomic E-state index is 3.51. The van der Waals surface area contributed by atoms with Crippen molar-refractivity contribution >= 4 is 1710 Å². The number of hydrogen-bond acceptors (Lipinski definition) is 0. The summed E-state index contributed by atoms with van der Waals surface area (Å²) in [7, 11) is -40.1. The molecule has 0 saturated heterocycles. The maximum atomic E-state index is 3.51. The molecule has 0 amide bonds. The molecule has 0 radical (unpaired) electrons. The average molecular weight is 16200 g/mol. The van der Waals surface area contributed by atoms with Crippen LogP contribution in [0.5, 0.6) is 0 Å². The van der Waals surface area contributed by atoms with Crippen molar-refractivity contribution in [3.05, 3.63) is 0 Å². The Labute approximate surface area is 1600 Å². The van der Waals surface area contributed by atoms with Crippen molar-refractivity contribution in [2.45, 2.75) is 0 Å². The van der Waals surface area contributed by atoms with Crippen LogP contribution in [-0.2, 0) is 0 Å². The second-order valence-corrected chi connectivity index (χ2v) is 3080. The van der Waals surface area contributed by atoms with Crippen LogP contribution >= 0.6 is 1710 Å². The van der Waals surface area contributed by atoms with E-state index in [0.717, 1.165) is 0 Å². The van der Waals surface area contributed by atoms with Crippen molar-refractivity contribution in [2.24, 2.45) is 0 Å². The van der Waals surface area contributed by atoms with E-state index in [1.54, 1.807) is 0 Å². The Hall–Kier alpha value is 93.4. The zero-order valence-electron chi connectivity index (χ0n) is 48.4. The van der Waals surface area contributed by atoms with Gasteiger partial charge in [-0.3, -0.25) is 0 Å². The van der Waals surface area contributed by atoms with Gasteiger partial charge >= 0.3 is 1710 Å². The molecule has 0 atom stereocenters. The van der Waals surface area contributed by atoms with Crippen molar-refractivity contribution in [1.82, 2.24) is 0 Å². The van der Waals surface area contributed by atoms with Gasteiger partial charge in [-0.1, -0.05) is 0 Å². The van der Waals surface area contributed by atoms with Crippen molar-refractivity contribution in [2.75, 3.05) is 0 Å². The summed E-state index contributed by atoms with van der Waals surface area (Å²) in [6, 6.07) is 0. The van der Waals surface area contributed by atoms with Gasteiger partial charge in [0.2, 0.25) is 0 Å². The van der Waals surface area contributed by atoms with E-state index in [4.69, 9.17) is 0 Å². The first-order valence-corrected chi connectivity index (χ1v) is 816. The van der Waals surface area contributed by atoms with E-state index in [9.17, 15) is 0 Å². The fraction of sp³-hybridized carbons (Fsp3) is 0. The molecule has 0 spiro atoms. The van der Waals surface area contributed by atoms with Gasteiger partial charge in [-0.2, -0.15) is 0 Å². The van der Waals surface area contributed by atoms with Gasteiger partial charge in [-0.15, -0.1) is 0 Å². The van der Waals surface area contributed by atoms with Crippen molar-refractivity contribution in [3.63, 3.8) is 0 Å². The van der Waals surface area contributed by atoms with E-state index in [2.05, 4.69) is 1210 Å². The quantitative estimate of drug-likeness (QED) is 0.0533. The van der Waals surface area contributed by atoms with Gasteiger partial charge in [0, 0.05) is 0 Å². The van der Waals surface area contributed by atoms with Gasteiger partial charge in [-0.05, 0) is 0 Å². The normalized spacial score (nSPS) is 19.2. The van der Waals surface area contributed by atoms with Crippen LogP contribution < -0.4 is 0 Å². The molecule has 0 aliphatic rings. The van der Waals surface area contributed by atoms with E-state index in [1.165, 1.54) is 0 Å². The molecule has 0 aliphatic heterocycles. The van der Waals surface area contributed by atoms with Crippen LogP contribution in [0.4, 0.5) is 0 Å². The number of rotatable bonds is 62. The summed E-state index contributed by atoms with van der Waals surface area (Å²) < 4.78 is 0. The summed E-state index contributed by atoms with van der Waals surface area (Å²) in [5.41, 5.74) is 0. The predicted molar refractivity (Wildman–Crippen MR) is 1790 cm³/mol. The zero-order valence-corrected chi connectivity index (χ0v) is 325. The van der Waals surface area contributed by atoms with Crippen LogP contribution in [0.25, 0.3) is 0 Å². The first-order chi connectivity index (χ1) is 58.2. The molecule has 0 bridgehead atoms. The Morgan fingerprint density at radius 1 is 0.0391 bits per heavy atom. The summed E-state index contributed by atoms with van der Waals surface area (Å²) in [5, 5.41) is 0. The van der Waals surface area contributed by atoms with Crippen LogP contribution in [0.15, 0.2) is 0 Å². The third-order valence-corrected chi connectivity index (χ3v) is 10200. The summed E-state index contributed by atoms with van der Waals surface area (Å²) in [5.74, 6) is 0. The summed E-state index contributed by atoms with van der Waals surface area (Å²) in [4.78, 5) is 0. The molecule has 896 valence electrons. The van der Waals surface area contributed by atoms with Gasteiger partial charge < -0.3 is 0 Å². The summed E-state index contributed by atoms with van der Waals surface area (Å²) in [6.45, 7) is 0. The van der Waals surface area contributed by atoms with E-state index in [0.29, 0.717) is 0 Å². The molecular weight excluding hydrogens is 16200 g/mol. The van der Waals surface area contributed by atoms with Gasteiger partial charge in [0.25, 0.3) is 0 Å². The van der Waals surface area contributed by atoms with Crippen LogP contribution in [-0.4, -0.2) is 0 Å². The summed E-state index contributed by atoms with van der Waals surface area (Å²) in [6.07, 6.45) is 0. The van der Waals surface area contributed by atoms with E-state index in [-0.39, 0.29) is 0 Å². The van der Waals surface area contributed by atoms with E-state index >= 15 is 0 Å². The van der Waals surface area contributed by atoms with Gasteiger partial charge in [0.1, 0.15) is 0 Å². The molecule has 0 heterocycles. The minimum absolute atomic E-state index is 0.497. The Kier molecular flexibility index (Phi) is 230. The summed E-state index contributed by atoms with van der Waals surface area (Å²) >= 11 is 222. The Morgan fingerprint density at radius 3 is 0.0859 bits per heavy atom. The van der Waals surface area contributed by atoms with Crippen LogP contribution in [0.3, 0.4) is 0 Å². The number of hydrogen-bond donors (Lipinski definition) is 0. The Morgan fingerprint density at radius 2 is 0.0625 bits per heavy atom. The van der Waals surface area contributed by atoms with Crippen molar-refractivity contribution in [3.8, 4) is 0 Å². The molecule has 0 unspecified atom stereocenters. The molecule has 0 nitrogen and oxygen atoms in total. The fourth-order valence-corrected chi connectivity index (χ4v) is 25600. The van der Waals surface area contributed by atoms with Crippen molar-refractivity contribution < 1.29 is 0 Å². The first-order valence-electron chi connectivity index (χ1n) is 18.1. The van der Waals surface area contributed by atoms with Crippen molar-refractivity contribution in [1.29, 1.82) is 0 Å². The molecule has 0 aromatic carbocycles. The average Bonchev–Trinajstić information content (AvgIpc) is 0.815. The Bertz CT molecular complexity index is 2520. The molecule has 0 saturated carbocycles. The minimum atomic E-state index is -0.681. The van der Waals surface area contributed by atoms with E-state index < -0.39 is 497 Å². The van der Waals surface area contributed by atoms with Crippen LogP contribution in [0.1, 0.15) is 0 Å². The molecular formula is I128. The third-order valence-electron chi connectivity index (χ3n) is 5.06. The molecule has 0 N–H and O–H groups in total. The molecule has 0 aromatic heterocycles. The predicted octanol–water partition coefficient (Wildman–Crippen LogP) is 113. The second kappa shape index (κ2) is 133. The molecule has 0 aromatic rings. The van der Waals surface area contributed by atoms with Gasteiger partial charge in [0.15, 0.2) is 0 Å². The topological polar surface area (TPSA) is 0 Å². The molecule has 128 heavy (non-hydrogen) atoms. The number of halogens is 128. The third kappa shape index (κ3) is 89.8. The standard InChI is InChI=1S/I128/c1-66(2)68(5)70(7)72(9)74(11)76(13)78(15)80(17)82(19)84(21)86(23)88(25)90(27)92(29)94(31)96(33)98(35)100(37)102(39)104(41)106(43)108(45)110(47)112(49)114(51)116(53)118(55)120(57)122(59)124(61)126(63)128(65)127(64)125(62)123(60)121(58)119(56)117(54)115(52)113(50)111(48)109(46)107(44)105(42)103(40)101(38)99(36)97(34)95(32)93(30)91(28)89(26)87(24)85(22)83(20)81(18)79(16)77(14)75(12)73(10)71(8)69(6)67(3)4. The van der Waals surface area contributed by atoms with Crippen LogP contribution in [0.2, 0.25) is 0 Å². The fourth-order valence-electron chi connectivity index (χ4n) is 1.88. The van der Waals surface area contributed by atoms with Crippen LogP contribution in [0, 0.1) is 0 Å². The SMILES string of the molecule is II(I)I(I)I(I)I(I)I(I)I(I)I(I)I(I)I(I)I(I)I(I)I(I)I(I)I(I)I(I)I(I)I(I)I(I)I(I)I(I)I(I)I(I)I(I)I(I)I(I)I(I)I(I)I(I)I(I)I(I)I(I)I(I)I(I)I(I)I(I)I(I)I(I)I(I)I(I)I(I)I(I)I(I)I(I)I(I)I(I)I(I)I(I)I(I)I(I)I(I)I(I)I(I)I(I)I(I)I(I)I(I)I(I)I(I)I(I)I(I)I(I)I(I)I(I)I. The Balaban J connectivity index is 5.98. The zero-order chi connectivity index (χ0) is 101. The molecule has 0 fully saturated rings. The molecule has 0 rings (SSSR count). The van der Waals surface area contributed by atoms with Gasteiger partial charge in [-0.25, -0.2) is 0 Å². The monoisotopic (exact) mass is 16200 g/mol. The van der Waals surface area contributed by atoms with Gasteiger partial charge in [0.05, 0.1) is 0 Å².